The number of fused-ring (bicyclic) bond motifs is 1. The zero-order chi connectivity index (χ0) is 16.2. The monoisotopic (exact) mass is 312 g/mol. The van der Waals surface area contributed by atoms with Crippen LogP contribution in [-0.2, 0) is 11.3 Å². The third kappa shape index (κ3) is 3.23. The molecular formula is C16H16N4O3. The molecule has 2 heterocycles. The Morgan fingerprint density at radius 1 is 1.26 bits per heavy atom. The maximum Gasteiger partial charge on any atom is 0.341 e. The molecule has 3 aromatic rings. The number of H-pyrrole nitrogens is 2. The molecule has 23 heavy (non-hydrogen) atoms. The van der Waals surface area contributed by atoms with Gasteiger partial charge in [0.05, 0.1) is 17.6 Å². The minimum atomic E-state index is -0.409. The molecule has 2 aromatic heterocycles. The SMILES string of the molecule is CCOC(=O)c1cccnc1NCc1ccc2[nH]c(=O)[nH]c2c1. The third-order valence-electron chi connectivity index (χ3n) is 3.34. The van der Waals surface area contributed by atoms with E-state index in [0.717, 1.165) is 16.6 Å². The van der Waals surface area contributed by atoms with Gasteiger partial charge in [-0.05, 0) is 36.8 Å². The van der Waals surface area contributed by atoms with Gasteiger partial charge in [0.1, 0.15) is 11.4 Å². The van der Waals surface area contributed by atoms with E-state index in [2.05, 4.69) is 20.3 Å². The maximum absolute atomic E-state index is 11.9. The molecule has 0 unspecified atom stereocenters. The number of aromatic nitrogens is 3. The lowest BCUT2D eigenvalue weighted by atomic mass is 10.2. The van der Waals surface area contributed by atoms with Crippen molar-refractivity contribution in [3.8, 4) is 0 Å². The number of carbonyl (C=O) groups is 1. The fraction of sp³-hybridized carbons (Fsp3) is 0.188. The molecule has 0 saturated heterocycles. The Hall–Kier alpha value is -3.09. The molecule has 0 spiro atoms. The van der Waals surface area contributed by atoms with Crippen LogP contribution in [-0.4, -0.2) is 27.5 Å². The number of rotatable bonds is 5. The minimum Gasteiger partial charge on any atom is -0.462 e. The van der Waals surface area contributed by atoms with Gasteiger partial charge < -0.3 is 20.0 Å². The standard InChI is InChI=1S/C16H16N4O3/c1-2-23-15(21)11-4-3-7-17-14(11)18-9-10-5-6-12-13(8-10)20-16(22)19-12/h3-8H,2,9H2,1H3,(H,17,18)(H2,19,20,22). The summed E-state index contributed by atoms with van der Waals surface area (Å²) >= 11 is 0. The summed E-state index contributed by atoms with van der Waals surface area (Å²) in [7, 11) is 0. The number of benzene rings is 1. The molecule has 0 aliphatic carbocycles. The molecule has 0 bridgehead atoms. The molecular weight excluding hydrogens is 296 g/mol. The van der Waals surface area contributed by atoms with Crippen molar-refractivity contribution in [1.29, 1.82) is 0 Å². The first-order chi connectivity index (χ1) is 11.2. The Morgan fingerprint density at radius 3 is 2.91 bits per heavy atom. The maximum atomic E-state index is 11.9. The van der Waals surface area contributed by atoms with E-state index in [1.165, 1.54) is 0 Å². The molecule has 3 rings (SSSR count). The number of hydrogen-bond acceptors (Lipinski definition) is 5. The number of nitrogens with zero attached hydrogens (tertiary/aromatic N) is 1. The second-order valence-electron chi connectivity index (χ2n) is 4.93. The largest absolute Gasteiger partial charge is 0.462 e. The van der Waals surface area contributed by atoms with Crippen LogP contribution in [0.2, 0.25) is 0 Å². The molecule has 0 aliphatic heterocycles. The average Bonchev–Trinajstić information content (AvgIpc) is 2.92. The summed E-state index contributed by atoms with van der Waals surface area (Å²) in [6.07, 6.45) is 1.61. The van der Waals surface area contributed by atoms with Gasteiger partial charge in [-0.25, -0.2) is 14.6 Å². The highest BCUT2D eigenvalue weighted by atomic mass is 16.5. The molecule has 118 valence electrons. The molecule has 0 atom stereocenters. The number of aromatic amines is 2. The van der Waals surface area contributed by atoms with Crippen LogP contribution in [0.3, 0.4) is 0 Å². The van der Waals surface area contributed by atoms with Crippen molar-refractivity contribution in [2.45, 2.75) is 13.5 Å². The highest BCUT2D eigenvalue weighted by molar-refractivity contribution is 5.94. The topological polar surface area (TPSA) is 99.9 Å². The van der Waals surface area contributed by atoms with Crippen molar-refractivity contribution < 1.29 is 9.53 Å². The van der Waals surface area contributed by atoms with Crippen LogP contribution >= 0.6 is 0 Å². The third-order valence-corrected chi connectivity index (χ3v) is 3.34. The number of carbonyl (C=O) groups excluding carboxylic acids is 1. The number of ether oxygens (including phenoxy) is 1. The van der Waals surface area contributed by atoms with Crippen LogP contribution in [0.5, 0.6) is 0 Å². The Labute approximate surface area is 131 Å². The predicted molar refractivity (Wildman–Crippen MR) is 86.4 cm³/mol. The van der Waals surface area contributed by atoms with Crippen LogP contribution in [0.1, 0.15) is 22.8 Å². The number of pyridine rings is 1. The Kier molecular flexibility index (Phi) is 4.09. The molecule has 0 radical (unpaired) electrons. The summed E-state index contributed by atoms with van der Waals surface area (Å²) < 4.78 is 5.02. The van der Waals surface area contributed by atoms with Crippen LogP contribution in [0, 0.1) is 0 Å². The van der Waals surface area contributed by atoms with Crippen molar-refractivity contribution in [1.82, 2.24) is 15.0 Å². The van der Waals surface area contributed by atoms with Crippen molar-refractivity contribution in [3.05, 3.63) is 58.1 Å². The lowest BCUT2D eigenvalue weighted by Crippen LogP contribution is -2.11. The number of esters is 1. The quantitative estimate of drug-likeness (QED) is 0.626. The van der Waals surface area contributed by atoms with Crippen LogP contribution < -0.4 is 11.0 Å². The zero-order valence-electron chi connectivity index (χ0n) is 12.6. The summed E-state index contributed by atoms with van der Waals surface area (Å²) in [6, 6.07) is 8.95. The first kappa shape index (κ1) is 14.8. The molecule has 0 aliphatic rings. The highest BCUT2D eigenvalue weighted by Gasteiger charge is 2.13. The van der Waals surface area contributed by atoms with E-state index in [9.17, 15) is 9.59 Å². The van der Waals surface area contributed by atoms with E-state index in [4.69, 9.17) is 4.74 Å². The Balaban J connectivity index is 1.79. The van der Waals surface area contributed by atoms with E-state index in [1.807, 2.05) is 18.2 Å². The fourth-order valence-corrected chi connectivity index (χ4v) is 2.30. The Morgan fingerprint density at radius 2 is 2.09 bits per heavy atom. The van der Waals surface area contributed by atoms with Gasteiger partial charge in [-0.15, -0.1) is 0 Å². The van der Waals surface area contributed by atoms with Gasteiger partial charge in [-0.3, -0.25) is 0 Å². The first-order valence-electron chi connectivity index (χ1n) is 7.24. The van der Waals surface area contributed by atoms with Gasteiger partial charge in [0.25, 0.3) is 0 Å². The van der Waals surface area contributed by atoms with Crippen molar-refractivity contribution in [2.75, 3.05) is 11.9 Å². The summed E-state index contributed by atoms with van der Waals surface area (Å²) in [5.74, 6) is 0.0575. The number of nitrogens with one attached hydrogen (secondary N) is 3. The lowest BCUT2D eigenvalue weighted by Gasteiger charge is -2.10. The predicted octanol–water partition coefficient (Wildman–Crippen LogP) is 2.04. The molecule has 7 nitrogen and oxygen atoms in total. The smallest absolute Gasteiger partial charge is 0.341 e. The molecule has 3 N–H and O–H groups in total. The molecule has 0 saturated carbocycles. The van der Waals surface area contributed by atoms with Crippen LogP contribution in [0.4, 0.5) is 5.82 Å². The number of hydrogen-bond donors (Lipinski definition) is 3. The minimum absolute atomic E-state index is 0.237. The average molecular weight is 312 g/mol. The van der Waals surface area contributed by atoms with Crippen LogP contribution in [0.25, 0.3) is 11.0 Å². The lowest BCUT2D eigenvalue weighted by molar-refractivity contribution is 0.0527. The summed E-state index contributed by atoms with van der Waals surface area (Å²) in [5.41, 5.74) is 2.60. The second-order valence-corrected chi connectivity index (χ2v) is 4.93. The van der Waals surface area contributed by atoms with Gasteiger partial charge >= 0.3 is 11.7 Å². The van der Waals surface area contributed by atoms with E-state index in [1.54, 1.807) is 25.3 Å². The van der Waals surface area contributed by atoms with Gasteiger partial charge in [-0.1, -0.05) is 6.07 Å². The van der Waals surface area contributed by atoms with Gasteiger partial charge in [0.15, 0.2) is 0 Å². The molecule has 7 heteroatoms. The molecule has 0 amide bonds. The van der Waals surface area contributed by atoms with Gasteiger partial charge in [0, 0.05) is 12.7 Å². The molecule has 1 aromatic carbocycles. The Bertz CT molecular complexity index is 897. The van der Waals surface area contributed by atoms with Crippen molar-refractivity contribution in [3.63, 3.8) is 0 Å². The van der Waals surface area contributed by atoms with Gasteiger partial charge in [-0.2, -0.15) is 0 Å². The molecule has 0 fully saturated rings. The van der Waals surface area contributed by atoms with Crippen molar-refractivity contribution >= 4 is 22.8 Å². The first-order valence-corrected chi connectivity index (χ1v) is 7.24. The number of anilines is 1. The van der Waals surface area contributed by atoms with Gasteiger partial charge in [0.2, 0.25) is 0 Å². The summed E-state index contributed by atoms with van der Waals surface area (Å²) in [6.45, 7) is 2.53. The van der Waals surface area contributed by atoms with E-state index < -0.39 is 5.97 Å². The number of imidazole rings is 1. The van der Waals surface area contributed by atoms with E-state index in [0.29, 0.717) is 24.5 Å². The highest BCUT2D eigenvalue weighted by Crippen LogP contribution is 2.16. The van der Waals surface area contributed by atoms with E-state index >= 15 is 0 Å². The second kappa shape index (κ2) is 6.35. The summed E-state index contributed by atoms with van der Waals surface area (Å²) in [4.78, 5) is 32.8. The fourth-order valence-electron chi connectivity index (χ4n) is 2.30. The summed E-state index contributed by atoms with van der Waals surface area (Å²) in [5, 5.41) is 3.13. The van der Waals surface area contributed by atoms with E-state index in [-0.39, 0.29) is 5.69 Å². The van der Waals surface area contributed by atoms with Crippen molar-refractivity contribution in [2.24, 2.45) is 0 Å². The van der Waals surface area contributed by atoms with Crippen LogP contribution in [0.15, 0.2) is 41.3 Å². The zero-order valence-corrected chi connectivity index (χ0v) is 12.6. The normalized spacial score (nSPS) is 10.7.